The Kier molecular flexibility index (Phi) is 5.56. The van der Waals surface area contributed by atoms with Crippen LogP contribution in [0.3, 0.4) is 0 Å². The van der Waals surface area contributed by atoms with E-state index in [0.29, 0.717) is 23.1 Å². The first-order chi connectivity index (χ1) is 10.3. The van der Waals surface area contributed by atoms with Crippen molar-refractivity contribution in [3.63, 3.8) is 0 Å². The number of rotatable bonds is 6. The van der Waals surface area contributed by atoms with E-state index < -0.39 is 21.6 Å². The number of hydrogen-bond donors (Lipinski definition) is 3. The van der Waals surface area contributed by atoms with Gasteiger partial charge in [0.2, 0.25) is 0 Å². The van der Waals surface area contributed by atoms with Crippen LogP contribution in [-0.4, -0.2) is 47.5 Å². The zero-order chi connectivity index (χ0) is 16.3. The number of aromatic carboxylic acids is 1. The summed E-state index contributed by atoms with van der Waals surface area (Å²) in [5, 5.41) is 11.8. The maximum Gasteiger partial charge on any atom is 0.335 e. The van der Waals surface area contributed by atoms with Crippen molar-refractivity contribution < 1.29 is 22.9 Å². The molecule has 7 nitrogen and oxygen atoms in total. The number of carboxylic acids is 1. The summed E-state index contributed by atoms with van der Waals surface area (Å²) in [5.41, 5.74) is -0.465. The Morgan fingerprint density at radius 2 is 2.00 bits per heavy atom. The molecule has 9 heteroatoms. The van der Waals surface area contributed by atoms with Gasteiger partial charge in [-0.25, -0.2) is 4.79 Å². The van der Waals surface area contributed by atoms with Crippen LogP contribution < -0.4 is 5.32 Å². The highest BCUT2D eigenvalue weighted by molar-refractivity contribution is 9.10. The van der Waals surface area contributed by atoms with Gasteiger partial charge in [0.25, 0.3) is 10.1 Å². The molecule has 1 aliphatic rings. The lowest BCUT2D eigenvalue weighted by Crippen LogP contribution is -2.49. The highest BCUT2D eigenvalue weighted by Gasteiger charge is 2.31. The summed E-state index contributed by atoms with van der Waals surface area (Å²) in [6.45, 7) is 1.30. The van der Waals surface area contributed by atoms with Crippen LogP contribution in [0.4, 0.5) is 0 Å². The average molecular weight is 393 g/mol. The van der Waals surface area contributed by atoms with Crippen molar-refractivity contribution >= 4 is 32.0 Å². The maximum atomic E-state index is 11.5. The number of nitrogens with zero attached hydrogens (tertiary/aromatic N) is 1. The molecule has 0 amide bonds. The van der Waals surface area contributed by atoms with E-state index in [1.165, 1.54) is 12.1 Å². The van der Waals surface area contributed by atoms with Gasteiger partial charge in [-0.15, -0.1) is 0 Å². The molecule has 2 rings (SSSR count). The van der Waals surface area contributed by atoms with Gasteiger partial charge in [-0.05, 0) is 36.6 Å². The highest BCUT2D eigenvalue weighted by Crippen LogP contribution is 2.20. The second-order valence-electron chi connectivity index (χ2n) is 5.10. The minimum atomic E-state index is -4.27. The van der Waals surface area contributed by atoms with E-state index in [1.807, 2.05) is 0 Å². The number of nitrogens with one attached hydrogen (secondary N) is 1. The van der Waals surface area contributed by atoms with Gasteiger partial charge in [-0.2, -0.15) is 8.42 Å². The molecule has 0 bridgehead atoms. The summed E-state index contributed by atoms with van der Waals surface area (Å²) < 4.78 is 33.1. The standard InChI is InChI=1S/C13H17BrN2O5S/c14-11-4-3-9(12(17)18)7-10(11)8-15-13(22(19,20)21)16-5-1-2-6-16/h3-4,7,13,15H,1-2,5-6,8H2,(H,17,18)(H,19,20,21). The zero-order valence-electron chi connectivity index (χ0n) is 11.7. The molecule has 1 unspecified atom stereocenters. The number of likely N-dealkylation sites (tertiary alicyclic amines) is 1. The smallest absolute Gasteiger partial charge is 0.335 e. The average Bonchev–Trinajstić information content (AvgIpc) is 2.93. The normalized spacial score (nSPS) is 17.5. The summed E-state index contributed by atoms with van der Waals surface area (Å²) in [4.78, 5) is 12.6. The topological polar surface area (TPSA) is 107 Å². The van der Waals surface area contributed by atoms with Crippen molar-refractivity contribution in [3.05, 3.63) is 33.8 Å². The first-order valence-corrected chi connectivity index (χ1v) is 9.04. The van der Waals surface area contributed by atoms with E-state index in [1.54, 1.807) is 11.0 Å². The molecule has 0 aliphatic carbocycles. The van der Waals surface area contributed by atoms with Crippen molar-refractivity contribution in [2.24, 2.45) is 0 Å². The van der Waals surface area contributed by atoms with Crippen molar-refractivity contribution in [1.82, 2.24) is 10.2 Å². The molecule has 0 spiro atoms. The molecular formula is C13H17BrN2O5S. The first kappa shape index (κ1) is 17.4. The summed E-state index contributed by atoms with van der Waals surface area (Å²) in [5.74, 6) is -1.06. The van der Waals surface area contributed by atoms with Crippen LogP contribution in [-0.2, 0) is 16.7 Å². The third-order valence-electron chi connectivity index (χ3n) is 3.51. The fourth-order valence-electron chi connectivity index (χ4n) is 2.44. The molecule has 1 fully saturated rings. The first-order valence-electron chi connectivity index (χ1n) is 6.74. The molecule has 1 aromatic carbocycles. The van der Waals surface area contributed by atoms with E-state index in [9.17, 15) is 17.8 Å². The number of benzene rings is 1. The number of carbonyl (C=O) groups is 1. The number of carboxylic acid groups (broad SMARTS) is 1. The third kappa shape index (κ3) is 4.26. The van der Waals surface area contributed by atoms with E-state index in [4.69, 9.17) is 5.11 Å². The van der Waals surface area contributed by atoms with Crippen LogP contribution in [0.5, 0.6) is 0 Å². The molecule has 1 aliphatic heterocycles. The molecular weight excluding hydrogens is 376 g/mol. The summed E-state index contributed by atoms with van der Waals surface area (Å²) in [7, 11) is -4.27. The van der Waals surface area contributed by atoms with Crippen LogP contribution in [0.2, 0.25) is 0 Å². The van der Waals surface area contributed by atoms with Crippen molar-refractivity contribution in [2.45, 2.75) is 24.9 Å². The minimum Gasteiger partial charge on any atom is -0.478 e. The second-order valence-corrected chi connectivity index (χ2v) is 7.43. The molecule has 3 N–H and O–H groups in total. The Morgan fingerprint density at radius 3 is 2.55 bits per heavy atom. The van der Waals surface area contributed by atoms with Crippen LogP contribution >= 0.6 is 15.9 Å². The predicted molar refractivity (Wildman–Crippen MR) is 84.1 cm³/mol. The van der Waals surface area contributed by atoms with Gasteiger partial charge in [-0.1, -0.05) is 15.9 Å². The maximum absolute atomic E-state index is 11.5. The highest BCUT2D eigenvalue weighted by atomic mass is 79.9. The SMILES string of the molecule is O=C(O)c1ccc(Br)c(CNC(N2CCCC2)S(=O)(=O)O)c1. The van der Waals surface area contributed by atoms with Gasteiger partial charge in [-0.3, -0.25) is 14.8 Å². The van der Waals surface area contributed by atoms with Gasteiger partial charge in [0, 0.05) is 24.1 Å². The van der Waals surface area contributed by atoms with E-state index >= 15 is 0 Å². The lowest BCUT2D eigenvalue weighted by atomic mass is 10.1. The summed E-state index contributed by atoms with van der Waals surface area (Å²) in [6.07, 6.45) is 1.76. The third-order valence-corrected chi connectivity index (χ3v) is 5.32. The molecule has 0 radical (unpaired) electrons. The molecule has 0 aromatic heterocycles. The van der Waals surface area contributed by atoms with Gasteiger partial charge in [0.15, 0.2) is 5.50 Å². The largest absolute Gasteiger partial charge is 0.478 e. The van der Waals surface area contributed by atoms with Gasteiger partial charge >= 0.3 is 5.97 Å². The molecule has 1 aromatic rings. The quantitative estimate of drug-likeness (QED) is 0.629. The fraction of sp³-hybridized carbons (Fsp3) is 0.462. The van der Waals surface area contributed by atoms with Crippen LogP contribution in [0.15, 0.2) is 22.7 Å². The lowest BCUT2D eigenvalue weighted by molar-refractivity contribution is 0.0696. The van der Waals surface area contributed by atoms with Crippen molar-refractivity contribution in [2.75, 3.05) is 13.1 Å². The Bertz CT molecular complexity index is 658. The Labute approximate surface area is 137 Å². The molecule has 122 valence electrons. The molecule has 1 saturated heterocycles. The minimum absolute atomic E-state index is 0.114. The second kappa shape index (κ2) is 7.05. The van der Waals surface area contributed by atoms with Crippen molar-refractivity contribution in [1.29, 1.82) is 0 Å². The van der Waals surface area contributed by atoms with Gasteiger partial charge in [0.05, 0.1) is 5.56 Å². The van der Waals surface area contributed by atoms with E-state index in [2.05, 4.69) is 21.2 Å². The monoisotopic (exact) mass is 392 g/mol. The zero-order valence-corrected chi connectivity index (χ0v) is 14.1. The van der Waals surface area contributed by atoms with E-state index in [-0.39, 0.29) is 12.1 Å². The Morgan fingerprint density at radius 1 is 1.36 bits per heavy atom. The molecule has 1 atom stereocenters. The molecule has 1 heterocycles. The lowest BCUT2D eigenvalue weighted by Gasteiger charge is -2.25. The Balaban J connectivity index is 2.15. The number of hydrogen-bond acceptors (Lipinski definition) is 5. The predicted octanol–water partition coefficient (Wildman–Crippen LogP) is 1.50. The fourth-order valence-corrected chi connectivity index (χ4v) is 3.71. The van der Waals surface area contributed by atoms with Gasteiger partial charge < -0.3 is 5.11 Å². The van der Waals surface area contributed by atoms with Crippen LogP contribution in [0.25, 0.3) is 0 Å². The van der Waals surface area contributed by atoms with Crippen LogP contribution in [0.1, 0.15) is 28.8 Å². The number of halogens is 1. The van der Waals surface area contributed by atoms with Crippen LogP contribution in [0, 0.1) is 0 Å². The molecule has 0 saturated carbocycles. The molecule has 22 heavy (non-hydrogen) atoms. The summed E-state index contributed by atoms with van der Waals surface area (Å²) >= 11 is 3.31. The Hall–Kier alpha value is -1.00. The van der Waals surface area contributed by atoms with Crippen molar-refractivity contribution in [3.8, 4) is 0 Å². The van der Waals surface area contributed by atoms with E-state index in [0.717, 1.165) is 12.8 Å². The van der Waals surface area contributed by atoms with Gasteiger partial charge in [0.1, 0.15) is 0 Å². The summed E-state index contributed by atoms with van der Waals surface area (Å²) in [6, 6.07) is 4.51.